The maximum atomic E-state index is 10.8. The smallest absolute Gasteiger partial charge is 0.271 e. The van der Waals surface area contributed by atoms with E-state index in [9.17, 15) is 10.1 Å². The van der Waals surface area contributed by atoms with Crippen LogP contribution in [0, 0.1) is 17.0 Å². The van der Waals surface area contributed by atoms with Gasteiger partial charge in [0.05, 0.1) is 16.8 Å². The zero-order valence-corrected chi connectivity index (χ0v) is 11.2. The Morgan fingerprint density at radius 2 is 2.30 bits per heavy atom. The molecule has 1 aromatic carbocycles. The zero-order chi connectivity index (χ0) is 14.1. The van der Waals surface area contributed by atoms with Crippen molar-refractivity contribution < 1.29 is 4.92 Å². The van der Waals surface area contributed by atoms with Gasteiger partial charge in [-0.2, -0.15) is 5.10 Å². The highest BCUT2D eigenvalue weighted by molar-refractivity contribution is 5.44. The summed E-state index contributed by atoms with van der Waals surface area (Å²) in [5.41, 5.74) is 2.94. The molecule has 0 saturated heterocycles. The van der Waals surface area contributed by atoms with E-state index in [2.05, 4.69) is 10.4 Å². The zero-order valence-electron chi connectivity index (χ0n) is 11.2. The number of aromatic nitrogens is 2. The first kappa shape index (κ1) is 12.8. The number of nitrogens with one attached hydrogen (secondary N) is 1. The average molecular weight is 272 g/mol. The SMILES string of the molecule is Cc1c(CNC2CC2)cnn1-c1cccc([N+](=O)[O-])c1. The van der Waals surface area contributed by atoms with Crippen molar-refractivity contribution >= 4 is 5.69 Å². The number of nitro benzene ring substituents is 1. The highest BCUT2D eigenvalue weighted by Gasteiger charge is 2.21. The van der Waals surface area contributed by atoms with E-state index in [1.54, 1.807) is 10.7 Å². The Morgan fingerprint density at radius 1 is 1.50 bits per heavy atom. The Kier molecular flexibility index (Phi) is 3.23. The Morgan fingerprint density at radius 3 is 3.00 bits per heavy atom. The van der Waals surface area contributed by atoms with Gasteiger partial charge in [-0.25, -0.2) is 4.68 Å². The molecule has 20 heavy (non-hydrogen) atoms. The second-order valence-corrected chi connectivity index (χ2v) is 5.10. The third kappa shape index (κ3) is 2.55. The molecule has 1 aromatic heterocycles. The van der Waals surface area contributed by atoms with Crippen molar-refractivity contribution in [1.82, 2.24) is 15.1 Å². The number of benzene rings is 1. The van der Waals surface area contributed by atoms with Crippen LogP contribution in [0.4, 0.5) is 5.69 Å². The van der Waals surface area contributed by atoms with E-state index in [-0.39, 0.29) is 5.69 Å². The molecule has 1 N–H and O–H groups in total. The molecule has 6 heteroatoms. The quantitative estimate of drug-likeness (QED) is 0.669. The molecule has 1 fully saturated rings. The van der Waals surface area contributed by atoms with Gasteiger partial charge in [-0.1, -0.05) is 6.07 Å². The maximum absolute atomic E-state index is 10.8. The lowest BCUT2D eigenvalue weighted by atomic mass is 10.2. The highest BCUT2D eigenvalue weighted by Crippen LogP contribution is 2.21. The predicted octanol–water partition coefficient (Wildman–Crippen LogP) is 2.34. The number of non-ortho nitro benzene ring substituents is 1. The lowest BCUT2D eigenvalue weighted by molar-refractivity contribution is -0.384. The van der Waals surface area contributed by atoms with Gasteiger partial charge in [0, 0.05) is 36.0 Å². The second-order valence-electron chi connectivity index (χ2n) is 5.10. The van der Waals surface area contributed by atoms with Crippen molar-refractivity contribution in [2.24, 2.45) is 0 Å². The molecule has 1 aliphatic carbocycles. The van der Waals surface area contributed by atoms with Crippen LogP contribution in [0.2, 0.25) is 0 Å². The molecule has 0 aliphatic heterocycles. The number of nitro groups is 1. The molecule has 0 unspecified atom stereocenters. The first-order valence-corrected chi connectivity index (χ1v) is 6.67. The molecule has 104 valence electrons. The molecule has 1 aliphatic rings. The molecule has 0 amide bonds. The summed E-state index contributed by atoms with van der Waals surface area (Å²) >= 11 is 0. The summed E-state index contributed by atoms with van der Waals surface area (Å²) in [6.07, 6.45) is 4.32. The largest absolute Gasteiger partial charge is 0.310 e. The Balaban J connectivity index is 1.85. The van der Waals surface area contributed by atoms with Gasteiger partial charge >= 0.3 is 0 Å². The molecular weight excluding hydrogens is 256 g/mol. The number of rotatable bonds is 5. The summed E-state index contributed by atoms with van der Waals surface area (Å²) in [6, 6.07) is 7.17. The van der Waals surface area contributed by atoms with Crippen molar-refractivity contribution in [3.05, 3.63) is 51.8 Å². The van der Waals surface area contributed by atoms with Crippen molar-refractivity contribution in [2.75, 3.05) is 0 Å². The van der Waals surface area contributed by atoms with E-state index in [1.807, 2.05) is 19.2 Å². The minimum Gasteiger partial charge on any atom is -0.310 e. The second kappa shape index (κ2) is 5.05. The average Bonchev–Trinajstić information content (AvgIpc) is 3.20. The van der Waals surface area contributed by atoms with Gasteiger partial charge in [-0.15, -0.1) is 0 Å². The van der Waals surface area contributed by atoms with Crippen LogP contribution in [0.15, 0.2) is 30.5 Å². The van der Waals surface area contributed by atoms with Crippen LogP contribution in [0.25, 0.3) is 5.69 Å². The van der Waals surface area contributed by atoms with E-state index in [1.165, 1.54) is 25.0 Å². The fourth-order valence-corrected chi connectivity index (χ4v) is 2.16. The van der Waals surface area contributed by atoms with Gasteiger partial charge < -0.3 is 5.32 Å². The molecule has 0 atom stereocenters. The summed E-state index contributed by atoms with van der Waals surface area (Å²) in [5, 5.41) is 18.6. The molecule has 6 nitrogen and oxygen atoms in total. The highest BCUT2D eigenvalue weighted by atomic mass is 16.6. The van der Waals surface area contributed by atoms with Gasteiger partial charge in [-0.05, 0) is 25.8 Å². The van der Waals surface area contributed by atoms with Crippen LogP contribution in [-0.4, -0.2) is 20.7 Å². The number of hydrogen-bond donors (Lipinski definition) is 1. The van der Waals surface area contributed by atoms with Gasteiger partial charge in [0.1, 0.15) is 0 Å². The van der Waals surface area contributed by atoms with Crippen LogP contribution in [0.5, 0.6) is 0 Å². The van der Waals surface area contributed by atoms with Gasteiger partial charge in [-0.3, -0.25) is 10.1 Å². The molecule has 3 rings (SSSR count). The molecular formula is C14H16N4O2. The lowest BCUT2D eigenvalue weighted by Crippen LogP contribution is -2.15. The summed E-state index contributed by atoms with van der Waals surface area (Å²) in [6.45, 7) is 2.78. The van der Waals surface area contributed by atoms with E-state index in [0.29, 0.717) is 6.04 Å². The molecule has 0 bridgehead atoms. The fourth-order valence-electron chi connectivity index (χ4n) is 2.16. The molecule has 1 heterocycles. The van der Waals surface area contributed by atoms with Gasteiger partial charge in [0.25, 0.3) is 5.69 Å². The van der Waals surface area contributed by atoms with E-state index < -0.39 is 4.92 Å². The normalized spacial score (nSPS) is 14.4. The van der Waals surface area contributed by atoms with Crippen molar-refractivity contribution in [3.63, 3.8) is 0 Å². The van der Waals surface area contributed by atoms with Crippen LogP contribution >= 0.6 is 0 Å². The molecule has 0 spiro atoms. The Labute approximate surface area is 116 Å². The lowest BCUT2D eigenvalue weighted by Gasteiger charge is -2.06. The minimum atomic E-state index is -0.391. The number of nitrogens with zero attached hydrogens (tertiary/aromatic N) is 3. The predicted molar refractivity (Wildman–Crippen MR) is 74.8 cm³/mol. The van der Waals surface area contributed by atoms with Crippen LogP contribution in [-0.2, 0) is 6.54 Å². The maximum Gasteiger partial charge on any atom is 0.271 e. The minimum absolute atomic E-state index is 0.0788. The first-order valence-electron chi connectivity index (χ1n) is 6.67. The third-order valence-electron chi connectivity index (χ3n) is 3.56. The van der Waals surface area contributed by atoms with Crippen molar-refractivity contribution in [2.45, 2.75) is 32.4 Å². The van der Waals surface area contributed by atoms with Crippen LogP contribution in [0.3, 0.4) is 0 Å². The van der Waals surface area contributed by atoms with E-state index >= 15 is 0 Å². The topological polar surface area (TPSA) is 73.0 Å². The Bertz CT molecular complexity index is 646. The van der Waals surface area contributed by atoms with Gasteiger partial charge in [0.2, 0.25) is 0 Å². The fraction of sp³-hybridized carbons (Fsp3) is 0.357. The molecule has 2 aromatic rings. The van der Waals surface area contributed by atoms with E-state index in [4.69, 9.17) is 0 Å². The monoisotopic (exact) mass is 272 g/mol. The summed E-state index contributed by atoms with van der Waals surface area (Å²) < 4.78 is 1.75. The van der Waals surface area contributed by atoms with Crippen LogP contribution in [0.1, 0.15) is 24.1 Å². The van der Waals surface area contributed by atoms with Crippen LogP contribution < -0.4 is 5.32 Å². The molecule has 1 saturated carbocycles. The third-order valence-corrected chi connectivity index (χ3v) is 3.56. The summed E-state index contributed by atoms with van der Waals surface area (Å²) in [5.74, 6) is 0. The Hall–Kier alpha value is -2.21. The molecule has 0 radical (unpaired) electrons. The standard InChI is InChI=1S/C14H16N4O2/c1-10-11(8-15-12-5-6-12)9-16-17(10)13-3-2-4-14(7-13)18(19)20/h2-4,7,9,12,15H,5-6,8H2,1H3. The first-order chi connectivity index (χ1) is 9.65. The van der Waals surface area contributed by atoms with Crippen molar-refractivity contribution in [1.29, 1.82) is 0 Å². The van der Waals surface area contributed by atoms with E-state index in [0.717, 1.165) is 23.5 Å². The van der Waals surface area contributed by atoms with Gasteiger partial charge in [0.15, 0.2) is 0 Å². The number of hydrogen-bond acceptors (Lipinski definition) is 4. The summed E-state index contributed by atoms with van der Waals surface area (Å²) in [7, 11) is 0. The summed E-state index contributed by atoms with van der Waals surface area (Å²) in [4.78, 5) is 10.4. The van der Waals surface area contributed by atoms with Crippen molar-refractivity contribution in [3.8, 4) is 5.69 Å².